The molecule has 0 N–H and O–H groups in total. The molecule has 2 aromatic rings. The lowest BCUT2D eigenvalue weighted by molar-refractivity contribution is -0.384. The maximum atomic E-state index is 10.7. The third-order valence-corrected chi connectivity index (χ3v) is 4.93. The predicted molar refractivity (Wildman–Crippen MR) is 89.2 cm³/mol. The topological polar surface area (TPSA) is 56.0 Å². The van der Waals surface area contributed by atoms with Crippen molar-refractivity contribution in [1.29, 1.82) is 0 Å². The summed E-state index contributed by atoms with van der Waals surface area (Å²) in [6.07, 6.45) is 4.96. The molecular weight excluding hydrogens is 304 g/mol. The SMILES string of the molecule is CCCc1nc(CSC)sc1Cc1ccc([N+](=O)[O-])cc1. The van der Waals surface area contributed by atoms with E-state index < -0.39 is 0 Å². The van der Waals surface area contributed by atoms with E-state index in [4.69, 9.17) is 4.98 Å². The smallest absolute Gasteiger partial charge is 0.258 e. The van der Waals surface area contributed by atoms with Crippen molar-refractivity contribution in [2.45, 2.75) is 31.9 Å². The van der Waals surface area contributed by atoms with Crippen LogP contribution < -0.4 is 0 Å². The Bertz CT molecular complexity index is 609. The average Bonchev–Trinajstić information content (AvgIpc) is 2.82. The first kappa shape index (κ1) is 16.0. The van der Waals surface area contributed by atoms with Crippen LogP contribution in [-0.2, 0) is 18.6 Å². The van der Waals surface area contributed by atoms with Crippen molar-refractivity contribution in [3.05, 3.63) is 55.5 Å². The fourth-order valence-electron chi connectivity index (χ4n) is 2.11. The number of non-ortho nitro benzene ring substituents is 1. The summed E-state index contributed by atoms with van der Waals surface area (Å²) >= 11 is 3.54. The van der Waals surface area contributed by atoms with Gasteiger partial charge in [0.2, 0.25) is 0 Å². The van der Waals surface area contributed by atoms with E-state index in [-0.39, 0.29) is 10.6 Å². The summed E-state index contributed by atoms with van der Waals surface area (Å²) in [6, 6.07) is 6.81. The van der Waals surface area contributed by atoms with Crippen LogP contribution in [0.5, 0.6) is 0 Å². The zero-order valence-corrected chi connectivity index (χ0v) is 13.8. The number of nitro groups is 1. The fourth-order valence-corrected chi connectivity index (χ4v) is 3.96. The van der Waals surface area contributed by atoms with Crippen LogP contribution in [0.4, 0.5) is 5.69 Å². The van der Waals surface area contributed by atoms with Gasteiger partial charge in [-0.2, -0.15) is 11.8 Å². The first-order valence-electron chi connectivity index (χ1n) is 6.83. The number of aryl methyl sites for hydroxylation is 1. The number of hydrogen-bond acceptors (Lipinski definition) is 5. The molecule has 0 fully saturated rings. The highest BCUT2D eigenvalue weighted by Crippen LogP contribution is 2.26. The second-order valence-corrected chi connectivity index (χ2v) is 6.80. The molecule has 0 saturated heterocycles. The average molecular weight is 322 g/mol. The van der Waals surface area contributed by atoms with E-state index in [9.17, 15) is 10.1 Å². The summed E-state index contributed by atoms with van der Waals surface area (Å²) in [5.41, 5.74) is 2.42. The van der Waals surface area contributed by atoms with Crippen LogP contribution in [0.1, 0.15) is 34.5 Å². The van der Waals surface area contributed by atoms with Gasteiger partial charge < -0.3 is 0 Å². The molecule has 21 heavy (non-hydrogen) atoms. The van der Waals surface area contributed by atoms with Crippen LogP contribution in [0.25, 0.3) is 0 Å². The Morgan fingerprint density at radius 1 is 1.33 bits per heavy atom. The molecule has 1 aromatic heterocycles. The predicted octanol–water partition coefficient (Wildman–Crippen LogP) is 4.46. The van der Waals surface area contributed by atoms with Crippen molar-refractivity contribution in [2.24, 2.45) is 0 Å². The molecule has 0 amide bonds. The summed E-state index contributed by atoms with van der Waals surface area (Å²) in [6.45, 7) is 2.16. The fraction of sp³-hybridized carbons (Fsp3) is 0.400. The van der Waals surface area contributed by atoms with Gasteiger partial charge in [0, 0.05) is 29.2 Å². The number of rotatable bonds is 7. The second-order valence-electron chi connectivity index (χ2n) is 4.76. The van der Waals surface area contributed by atoms with Crippen molar-refractivity contribution < 1.29 is 4.92 Å². The zero-order chi connectivity index (χ0) is 15.2. The first-order valence-corrected chi connectivity index (χ1v) is 9.04. The molecule has 0 aliphatic carbocycles. The normalized spacial score (nSPS) is 10.8. The molecule has 2 rings (SSSR count). The van der Waals surface area contributed by atoms with Crippen molar-refractivity contribution in [1.82, 2.24) is 4.98 Å². The van der Waals surface area contributed by atoms with Crippen LogP contribution in [0.3, 0.4) is 0 Å². The Labute approximate surface area is 132 Å². The molecule has 0 bridgehead atoms. The van der Waals surface area contributed by atoms with E-state index in [1.54, 1.807) is 35.2 Å². The molecule has 0 radical (unpaired) electrons. The maximum absolute atomic E-state index is 10.7. The van der Waals surface area contributed by atoms with Crippen LogP contribution in [-0.4, -0.2) is 16.2 Å². The van der Waals surface area contributed by atoms with Gasteiger partial charge in [0.25, 0.3) is 5.69 Å². The molecule has 1 aromatic carbocycles. The molecule has 0 atom stereocenters. The molecule has 0 saturated carbocycles. The summed E-state index contributed by atoms with van der Waals surface area (Å²) in [5.74, 6) is 0.946. The monoisotopic (exact) mass is 322 g/mol. The van der Waals surface area contributed by atoms with Crippen molar-refractivity contribution in [2.75, 3.05) is 6.26 Å². The zero-order valence-electron chi connectivity index (χ0n) is 12.2. The molecular formula is C15H18N2O2S2. The van der Waals surface area contributed by atoms with Gasteiger partial charge >= 0.3 is 0 Å². The highest BCUT2D eigenvalue weighted by atomic mass is 32.2. The van der Waals surface area contributed by atoms with Crippen molar-refractivity contribution >= 4 is 28.8 Å². The lowest BCUT2D eigenvalue weighted by Crippen LogP contribution is -1.93. The van der Waals surface area contributed by atoms with Gasteiger partial charge in [-0.1, -0.05) is 25.5 Å². The van der Waals surface area contributed by atoms with E-state index in [0.29, 0.717) is 0 Å². The Balaban J connectivity index is 2.18. The summed E-state index contributed by atoms with van der Waals surface area (Å²) in [5, 5.41) is 11.8. The minimum absolute atomic E-state index is 0.139. The third-order valence-electron chi connectivity index (χ3n) is 3.09. The Morgan fingerprint density at radius 3 is 2.62 bits per heavy atom. The minimum atomic E-state index is -0.366. The quantitative estimate of drug-likeness (QED) is 0.558. The van der Waals surface area contributed by atoms with E-state index in [0.717, 1.165) is 30.6 Å². The van der Waals surface area contributed by atoms with Crippen LogP contribution in [0.2, 0.25) is 0 Å². The highest BCUT2D eigenvalue weighted by molar-refractivity contribution is 7.97. The number of benzene rings is 1. The molecule has 0 unspecified atom stereocenters. The second kappa shape index (κ2) is 7.56. The molecule has 1 heterocycles. The molecule has 6 heteroatoms. The number of aromatic nitrogens is 1. The van der Waals surface area contributed by atoms with E-state index >= 15 is 0 Å². The Kier molecular flexibility index (Phi) is 5.76. The molecule has 0 aliphatic heterocycles. The van der Waals surface area contributed by atoms with Crippen LogP contribution in [0, 0.1) is 10.1 Å². The lowest BCUT2D eigenvalue weighted by atomic mass is 10.1. The van der Waals surface area contributed by atoms with Gasteiger partial charge in [-0.05, 0) is 18.2 Å². The van der Waals surface area contributed by atoms with E-state index in [1.165, 1.54) is 15.6 Å². The van der Waals surface area contributed by atoms with Gasteiger partial charge in [0.15, 0.2) is 0 Å². The lowest BCUT2D eigenvalue weighted by Gasteiger charge is -2.01. The van der Waals surface area contributed by atoms with Crippen LogP contribution in [0.15, 0.2) is 24.3 Å². The molecule has 0 aliphatic rings. The summed E-state index contributed by atoms with van der Waals surface area (Å²) in [4.78, 5) is 16.3. The highest BCUT2D eigenvalue weighted by Gasteiger charge is 2.12. The Morgan fingerprint density at radius 2 is 2.05 bits per heavy atom. The largest absolute Gasteiger partial charge is 0.269 e. The number of hydrogen-bond donors (Lipinski definition) is 0. The standard InChI is InChI=1S/C15H18N2O2S2/c1-3-4-13-14(21-15(16-13)10-20-2)9-11-5-7-12(8-6-11)17(18)19/h5-8H,3-4,9-10H2,1-2H3. The van der Waals surface area contributed by atoms with Gasteiger partial charge in [0.05, 0.1) is 10.6 Å². The summed E-state index contributed by atoms with van der Waals surface area (Å²) < 4.78 is 0. The number of thiazole rings is 1. The minimum Gasteiger partial charge on any atom is -0.258 e. The van der Waals surface area contributed by atoms with Crippen LogP contribution >= 0.6 is 23.1 Å². The van der Waals surface area contributed by atoms with Crippen molar-refractivity contribution in [3.8, 4) is 0 Å². The van der Waals surface area contributed by atoms with Gasteiger partial charge in [-0.25, -0.2) is 4.98 Å². The summed E-state index contributed by atoms with van der Waals surface area (Å²) in [7, 11) is 0. The number of thioether (sulfide) groups is 1. The van der Waals surface area contributed by atoms with Crippen molar-refractivity contribution in [3.63, 3.8) is 0 Å². The van der Waals surface area contributed by atoms with Gasteiger partial charge in [-0.15, -0.1) is 11.3 Å². The van der Waals surface area contributed by atoms with Gasteiger partial charge in [-0.3, -0.25) is 10.1 Å². The van der Waals surface area contributed by atoms with E-state index in [2.05, 4.69) is 13.2 Å². The first-order chi connectivity index (χ1) is 10.1. The molecule has 4 nitrogen and oxygen atoms in total. The van der Waals surface area contributed by atoms with E-state index in [1.807, 2.05) is 12.1 Å². The number of nitrogens with zero attached hydrogens (tertiary/aromatic N) is 2. The molecule has 112 valence electrons. The molecule has 0 spiro atoms. The third kappa shape index (κ3) is 4.28. The van der Waals surface area contributed by atoms with Gasteiger partial charge in [0.1, 0.15) is 5.01 Å². The Hall–Kier alpha value is -1.40. The number of nitro benzene ring substituents is 1. The maximum Gasteiger partial charge on any atom is 0.269 e.